The molecule has 0 aromatic carbocycles. The molecule has 0 bridgehead atoms. The predicted molar refractivity (Wildman–Crippen MR) is 60.2 cm³/mol. The highest BCUT2D eigenvalue weighted by atomic mass is 32.1. The number of rotatable bonds is 4. The van der Waals surface area contributed by atoms with Crippen LogP contribution in [0.15, 0.2) is 16.8 Å². The maximum atomic E-state index is 11.2. The van der Waals surface area contributed by atoms with Gasteiger partial charge >= 0.3 is 5.97 Å². The fourth-order valence-corrected chi connectivity index (χ4v) is 2.77. The quantitative estimate of drug-likeness (QED) is 0.820. The second-order valence-electron chi connectivity index (χ2n) is 4.14. The third-order valence-electron chi connectivity index (χ3n) is 3.17. The maximum Gasteiger partial charge on any atom is 0.310 e. The molecule has 1 aromatic heterocycles. The number of carboxylic acid groups (broad SMARTS) is 1. The van der Waals surface area contributed by atoms with E-state index in [1.54, 1.807) is 11.3 Å². The molecule has 82 valence electrons. The van der Waals surface area contributed by atoms with Gasteiger partial charge in [-0.15, -0.1) is 0 Å². The highest BCUT2D eigenvalue weighted by Crippen LogP contribution is 2.31. The first-order chi connectivity index (χ1) is 7.23. The second kappa shape index (κ2) is 4.33. The summed E-state index contributed by atoms with van der Waals surface area (Å²) in [4.78, 5) is 11.2. The van der Waals surface area contributed by atoms with Crippen molar-refractivity contribution in [2.45, 2.75) is 19.3 Å². The Bertz CT molecular complexity index is 328. The minimum atomic E-state index is -0.650. The van der Waals surface area contributed by atoms with Crippen molar-refractivity contribution in [1.29, 1.82) is 0 Å². The Hall–Kier alpha value is -0.870. The Kier molecular flexibility index (Phi) is 3.07. The highest BCUT2D eigenvalue weighted by Gasteiger charge is 2.40. The van der Waals surface area contributed by atoms with Gasteiger partial charge in [0.25, 0.3) is 0 Å². The summed E-state index contributed by atoms with van der Waals surface area (Å²) in [6.07, 6.45) is 2.37. The average Bonchev–Trinajstić information content (AvgIpc) is 2.87. The van der Waals surface area contributed by atoms with Gasteiger partial charge in [0.1, 0.15) is 0 Å². The van der Waals surface area contributed by atoms with Crippen molar-refractivity contribution < 1.29 is 9.90 Å². The first-order valence-electron chi connectivity index (χ1n) is 5.18. The van der Waals surface area contributed by atoms with Gasteiger partial charge in [0, 0.05) is 6.54 Å². The Morgan fingerprint density at radius 1 is 1.67 bits per heavy atom. The fraction of sp³-hybridized carbons (Fsp3) is 0.545. The van der Waals surface area contributed by atoms with Gasteiger partial charge in [-0.05, 0) is 48.2 Å². The summed E-state index contributed by atoms with van der Waals surface area (Å²) in [7, 11) is 0. The molecule has 0 spiro atoms. The number of carbonyl (C=O) groups is 1. The van der Waals surface area contributed by atoms with Crippen LogP contribution >= 0.6 is 11.3 Å². The summed E-state index contributed by atoms with van der Waals surface area (Å²) in [5.41, 5.74) is 0.731. The van der Waals surface area contributed by atoms with E-state index < -0.39 is 11.4 Å². The fourth-order valence-electron chi connectivity index (χ4n) is 2.07. The molecule has 1 fully saturated rings. The van der Waals surface area contributed by atoms with Crippen molar-refractivity contribution in [3.63, 3.8) is 0 Å². The second-order valence-corrected chi connectivity index (χ2v) is 4.92. The van der Waals surface area contributed by atoms with Gasteiger partial charge < -0.3 is 10.4 Å². The van der Waals surface area contributed by atoms with E-state index in [1.165, 1.54) is 5.56 Å². The maximum absolute atomic E-state index is 11.2. The van der Waals surface area contributed by atoms with Crippen LogP contribution in [0.5, 0.6) is 0 Å². The molecule has 1 aliphatic heterocycles. The van der Waals surface area contributed by atoms with Crippen molar-refractivity contribution in [3.8, 4) is 0 Å². The molecule has 0 aliphatic carbocycles. The SMILES string of the molecule is O=C(O)C1(CCc2ccsc2)CCNC1. The number of hydrogen-bond donors (Lipinski definition) is 2. The van der Waals surface area contributed by atoms with Crippen LogP contribution in [-0.4, -0.2) is 24.2 Å². The van der Waals surface area contributed by atoms with E-state index >= 15 is 0 Å². The van der Waals surface area contributed by atoms with Crippen LogP contribution in [0.3, 0.4) is 0 Å². The van der Waals surface area contributed by atoms with Crippen LogP contribution in [0.25, 0.3) is 0 Å². The standard InChI is InChI=1S/C11H15NO2S/c13-10(14)11(4-5-12-8-11)3-1-9-2-6-15-7-9/h2,6-7,12H,1,3-5,8H2,(H,13,14). The van der Waals surface area contributed by atoms with E-state index in [2.05, 4.69) is 16.8 Å². The molecule has 2 N–H and O–H groups in total. The third kappa shape index (κ3) is 2.21. The van der Waals surface area contributed by atoms with E-state index in [-0.39, 0.29) is 0 Å². The number of carboxylic acids is 1. The largest absolute Gasteiger partial charge is 0.481 e. The molecule has 2 rings (SSSR count). The van der Waals surface area contributed by atoms with E-state index in [4.69, 9.17) is 0 Å². The monoisotopic (exact) mass is 225 g/mol. The molecule has 1 aliphatic rings. The minimum Gasteiger partial charge on any atom is -0.481 e. The molecule has 3 nitrogen and oxygen atoms in total. The molecule has 15 heavy (non-hydrogen) atoms. The van der Waals surface area contributed by atoms with E-state index in [0.29, 0.717) is 6.54 Å². The molecular weight excluding hydrogens is 210 g/mol. The number of nitrogens with one attached hydrogen (secondary N) is 1. The Morgan fingerprint density at radius 2 is 2.53 bits per heavy atom. The van der Waals surface area contributed by atoms with Crippen LogP contribution in [-0.2, 0) is 11.2 Å². The lowest BCUT2D eigenvalue weighted by Gasteiger charge is -2.22. The molecule has 1 unspecified atom stereocenters. The van der Waals surface area contributed by atoms with Crippen molar-refractivity contribution in [3.05, 3.63) is 22.4 Å². The molecule has 0 radical (unpaired) electrons. The van der Waals surface area contributed by atoms with Gasteiger partial charge in [-0.3, -0.25) is 4.79 Å². The molecule has 0 amide bonds. The smallest absolute Gasteiger partial charge is 0.310 e. The summed E-state index contributed by atoms with van der Waals surface area (Å²) in [6.45, 7) is 1.45. The normalized spacial score (nSPS) is 25.6. The van der Waals surface area contributed by atoms with E-state index in [9.17, 15) is 9.90 Å². The summed E-state index contributed by atoms with van der Waals surface area (Å²) >= 11 is 1.67. The topological polar surface area (TPSA) is 49.3 Å². The van der Waals surface area contributed by atoms with E-state index in [1.807, 2.05) is 5.38 Å². The van der Waals surface area contributed by atoms with Crippen molar-refractivity contribution in [2.24, 2.45) is 5.41 Å². The van der Waals surface area contributed by atoms with Gasteiger partial charge in [-0.2, -0.15) is 11.3 Å². The molecule has 1 aromatic rings. The van der Waals surface area contributed by atoms with Crippen LogP contribution < -0.4 is 5.32 Å². The first-order valence-corrected chi connectivity index (χ1v) is 6.12. The van der Waals surface area contributed by atoms with Gasteiger partial charge in [0.2, 0.25) is 0 Å². The molecule has 1 atom stereocenters. The average molecular weight is 225 g/mol. The molecule has 0 saturated carbocycles. The first kappa shape index (κ1) is 10.6. The van der Waals surface area contributed by atoms with Crippen molar-refractivity contribution in [2.75, 3.05) is 13.1 Å². The molecular formula is C11H15NO2S. The van der Waals surface area contributed by atoms with Crippen LogP contribution in [0, 0.1) is 5.41 Å². The van der Waals surface area contributed by atoms with Crippen LogP contribution in [0.1, 0.15) is 18.4 Å². The van der Waals surface area contributed by atoms with Crippen molar-refractivity contribution in [1.82, 2.24) is 5.32 Å². The lowest BCUT2D eigenvalue weighted by Crippen LogP contribution is -2.33. The highest BCUT2D eigenvalue weighted by molar-refractivity contribution is 7.07. The molecule has 1 saturated heterocycles. The molecule has 4 heteroatoms. The summed E-state index contributed by atoms with van der Waals surface area (Å²) in [5.74, 6) is -0.650. The summed E-state index contributed by atoms with van der Waals surface area (Å²) in [6, 6.07) is 2.07. The minimum absolute atomic E-state index is 0.526. The van der Waals surface area contributed by atoms with Gasteiger partial charge in [0.05, 0.1) is 5.41 Å². The Balaban J connectivity index is 1.99. The van der Waals surface area contributed by atoms with Gasteiger partial charge in [0.15, 0.2) is 0 Å². The Morgan fingerprint density at radius 3 is 3.07 bits per heavy atom. The molecule has 2 heterocycles. The van der Waals surface area contributed by atoms with E-state index in [0.717, 1.165) is 25.8 Å². The zero-order valence-electron chi connectivity index (χ0n) is 8.53. The third-order valence-corrected chi connectivity index (χ3v) is 3.90. The predicted octanol–water partition coefficient (Wildman–Crippen LogP) is 1.75. The van der Waals surface area contributed by atoms with Crippen LogP contribution in [0.2, 0.25) is 0 Å². The van der Waals surface area contributed by atoms with Gasteiger partial charge in [-0.1, -0.05) is 0 Å². The number of hydrogen-bond acceptors (Lipinski definition) is 3. The Labute approximate surface area is 93.1 Å². The van der Waals surface area contributed by atoms with Crippen molar-refractivity contribution >= 4 is 17.3 Å². The number of aliphatic carboxylic acids is 1. The summed E-state index contributed by atoms with van der Waals surface area (Å²) in [5, 5.41) is 16.5. The zero-order valence-corrected chi connectivity index (χ0v) is 9.35. The zero-order chi connectivity index (χ0) is 10.7. The lowest BCUT2D eigenvalue weighted by atomic mass is 9.82. The lowest BCUT2D eigenvalue weighted by molar-refractivity contribution is -0.148. The van der Waals surface area contributed by atoms with Gasteiger partial charge in [-0.25, -0.2) is 0 Å². The number of aryl methyl sites for hydroxylation is 1. The van der Waals surface area contributed by atoms with Crippen LogP contribution in [0.4, 0.5) is 0 Å². The number of thiophene rings is 1. The summed E-state index contributed by atoms with van der Waals surface area (Å²) < 4.78 is 0.